The number of benzene rings is 3. The van der Waals surface area contributed by atoms with E-state index in [4.69, 9.17) is 14.5 Å². The Bertz CT molecular complexity index is 1120. The lowest BCUT2D eigenvalue weighted by Gasteiger charge is -2.63. The summed E-state index contributed by atoms with van der Waals surface area (Å²) in [5, 5.41) is 9.88. The van der Waals surface area contributed by atoms with Crippen molar-refractivity contribution < 1.29 is 19.4 Å². The van der Waals surface area contributed by atoms with E-state index in [1.165, 1.54) is 7.11 Å². The molecular formula is C25H22N2O4. The number of aliphatic imine (C=N–C) groups is 1. The van der Waals surface area contributed by atoms with Gasteiger partial charge in [-0.2, -0.15) is 0 Å². The summed E-state index contributed by atoms with van der Waals surface area (Å²) in [7, 11) is 1.54. The van der Waals surface area contributed by atoms with Crippen LogP contribution >= 0.6 is 0 Å². The average molecular weight is 414 g/mol. The zero-order valence-electron chi connectivity index (χ0n) is 17.0. The molecule has 0 aliphatic carbocycles. The molecule has 0 radical (unpaired) electrons. The number of carboxylic acids is 1. The van der Waals surface area contributed by atoms with E-state index in [-0.39, 0.29) is 12.5 Å². The lowest BCUT2D eigenvalue weighted by molar-refractivity contribution is -0.261. The van der Waals surface area contributed by atoms with Gasteiger partial charge in [-0.3, -0.25) is 9.69 Å². The van der Waals surface area contributed by atoms with Gasteiger partial charge in [-0.1, -0.05) is 66.7 Å². The van der Waals surface area contributed by atoms with Crippen LogP contribution in [0.2, 0.25) is 0 Å². The monoisotopic (exact) mass is 414 g/mol. The Morgan fingerprint density at radius 3 is 2.16 bits per heavy atom. The number of nitrogens with zero attached hydrogens (tertiary/aromatic N) is 2. The summed E-state index contributed by atoms with van der Waals surface area (Å²) in [4.78, 5) is 19.0. The largest absolute Gasteiger partial charge is 0.481 e. The number of methoxy groups -OCH3 is 1. The molecule has 1 fully saturated rings. The molecule has 3 atom stereocenters. The molecule has 2 aliphatic rings. The Balaban J connectivity index is 1.73. The molecule has 0 saturated carbocycles. The molecule has 2 heterocycles. The van der Waals surface area contributed by atoms with Gasteiger partial charge in [0.2, 0.25) is 5.90 Å². The van der Waals surface area contributed by atoms with Gasteiger partial charge >= 0.3 is 11.9 Å². The third-order valence-electron chi connectivity index (χ3n) is 5.98. The SMILES string of the molecule is COC12OC(c3ccccc3)=NC1(CC(=O)O)C(c1ccccc1)N2c1ccccc1. The first-order valence-corrected chi connectivity index (χ1v) is 10.1. The average Bonchev–Trinajstić information content (AvgIpc) is 3.06. The van der Waals surface area contributed by atoms with E-state index in [9.17, 15) is 9.90 Å². The van der Waals surface area contributed by atoms with Crippen molar-refractivity contribution in [1.29, 1.82) is 0 Å². The van der Waals surface area contributed by atoms with Crippen LogP contribution in [0.4, 0.5) is 5.69 Å². The van der Waals surface area contributed by atoms with Crippen LogP contribution in [0.3, 0.4) is 0 Å². The van der Waals surface area contributed by atoms with Crippen LogP contribution in [0.5, 0.6) is 0 Å². The van der Waals surface area contributed by atoms with Crippen LogP contribution < -0.4 is 4.90 Å². The quantitative estimate of drug-likeness (QED) is 0.653. The first-order chi connectivity index (χ1) is 15.1. The van der Waals surface area contributed by atoms with Crippen molar-refractivity contribution >= 4 is 17.6 Å². The molecule has 6 nitrogen and oxygen atoms in total. The molecule has 3 aromatic carbocycles. The highest BCUT2D eigenvalue weighted by Crippen LogP contribution is 2.63. The Morgan fingerprint density at radius 2 is 1.58 bits per heavy atom. The maximum atomic E-state index is 12.1. The van der Waals surface area contributed by atoms with Gasteiger partial charge in [0.15, 0.2) is 5.54 Å². The Labute approximate surface area is 180 Å². The second-order valence-corrected chi connectivity index (χ2v) is 7.68. The van der Waals surface area contributed by atoms with Crippen LogP contribution in [0, 0.1) is 0 Å². The highest BCUT2D eigenvalue weighted by atomic mass is 16.7. The molecule has 0 bridgehead atoms. The third-order valence-corrected chi connectivity index (χ3v) is 5.98. The molecule has 0 aromatic heterocycles. The highest BCUT2D eigenvalue weighted by molar-refractivity contribution is 5.97. The number of carboxylic acid groups (broad SMARTS) is 1. The minimum Gasteiger partial charge on any atom is -0.481 e. The molecule has 2 aliphatic heterocycles. The lowest BCUT2D eigenvalue weighted by atomic mass is 9.69. The van der Waals surface area contributed by atoms with Crippen molar-refractivity contribution in [3.8, 4) is 0 Å². The summed E-state index contributed by atoms with van der Waals surface area (Å²) < 4.78 is 12.4. The predicted molar refractivity (Wildman–Crippen MR) is 117 cm³/mol. The summed E-state index contributed by atoms with van der Waals surface area (Å²) in [6.07, 6.45) is -0.236. The van der Waals surface area contributed by atoms with E-state index in [0.29, 0.717) is 5.90 Å². The summed E-state index contributed by atoms with van der Waals surface area (Å²) in [6.45, 7) is 0. The fourth-order valence-electron chi connectivity index (χ4n) is 4.77. The number of anilines is 1. The Morgan fingerprint density at radius 1 is 1.00 bits per heavy atom. The number of para-hydroxylation sites is 1. The maximum absolute atomic E-state index is 12.1. The first kappa shape index (κ1) is 19.3. The van der Waals surface area contributed by atoms with Crippen molar-refractivity contribution in [2.24, 2.45) is 4.99 Å². The number of hydrogen-bond acceptors (Lipinski definition) is 5. The molecule has 31 heavy (non-hydrogen) atoms. The fourth-order valence-corrected chi connectivity index (χ4v) is 4.77. The van der Waals surface area contributed by atoms with E-state index >= 15 is 0 Å². The molecule has 1 N–H and O–H groups in total. The molecular weight excluding hydrogens is 392 g/mol. The smallest absolute Gasteiger partial charge is 0.326 e. The van der Waals surface area contributed by atoms with E-state index in [1.807, 2.05) is 95.9 Å². The predicted octanol–water partition coefficient (Wildman–Crippen LogP) is 4.24. The van der Waals surface area contributed by atoms with Crippen LogP contribution in [0.25, 0.3) is 0 Å². The van der Waals surface area contributed by atoms with Crippen LogP contribution in [-0.2, 0) is 14.3 Å². The van der Waals surface area contributed by atoms with E-state index in [0.717, 1.165) is 16.8 Å². The van der Waals surface area contributed by atoms with Crippen LogP contribution in [-0.4, -0.2) is 35.5 Å². The van der Waals surface area contributed by atoms with Gasteiger partial charge in [0.25, 0.3) is 0 Å². The molecule has 0 amide bonds. The summed E-state index contributed by atoms with van der Waals surface area (Å²) in [5.41, 5.74) is 1.43. The fraction of sp³-hybridized carbons (Fsp3) is 0.200. The van der Waals surface area contributed by atoms with Crippen molar-refractivity contribution in [3.63, 3.8) is 0 Å². The van der Waals surface area contributed by atoms with Crippen molar-refractivity contribution in [1.82, 2.24) is 0 Å². The number of carbonyl (C=O) groups is 1. The van der Waals surface area contributed by atoms with Crippen molar-refractivity contribution in [2.45, 2.75) is 23.9 Å². The highest BCUT2D eigenvalue weighted by Gasteiger charge is 2.79. The van der Waals surface area contributed by atoms with E-state index in [1.54, 1.807) is 0 Å². The number of rotatable bonds is 6. The second kappa shape index (κ2) is 7.25. The number of hydrogen-bond donors (Lipinski definition) is 1. The maximum Gasteiger partial charge on any atom is 0.326 e. The molecule has 3 unspecified atom stereocenters. The van der Waals surface area contributed by atoms with Gasteiger partial charge in [-0.15, -0.1) is 0 Å². The number of fused-ring (bicyclic) bond motifs is 1. The zero-order chi connectivity index (χ0) is 21.5. The normalized spacial score (nSPS) is 26.4. The topological polar surface area (TPSA) is 71.4 Å². The first-order valence-electron chi connectivity index (χ1n) is 10.1. The Kier molecular flexibility index (Phi) is 4.52. The minimum absolute atomic E-state index is 0.236. The summed E-state index contributed by atoms with van der Waals surface area (Å²) in [5.74, 6) is -1.96. The van der Waals surface area contributed by atoms with Gasteiger partial charge in [-0.05, 0) is 29.8 Å². The second-order valence-electron chi connectivity index (χ2n) is 7.68. The molecule has 6 heteroatoms. The van der Waals surface area contributed by atoms with Crippen LogP contribution in [0.15, 0.2) is 96.0 Å². The summed E-state index contributed by atoms with van der Waals surface area (Å²) >= 11 is 0. The summed E-state index contributed by atoms with van der Waals surface area (Å²) in [6, 6.07) is 28.6. The van der Waals surface area contributed by atoms with E-state index < -0.39 is 17.4 Å². The van der Waals surface area contributed by atoms with Gasteiger partial charge in [-0.25, -0.2) is 4.99 Å². The number of ether oxygens (including phenoxy) is 2. The molecule has 0 spiro atoms. The van der Waals surface area contributed by atoms with Gasteiger partial charge in [0.05, 0.1) is 12.5 Å². The van der Waals surface area contributed by atoms with Crippen LogP contribution in [0.1, 0.15) is 23.6 Å². The van der Waals surface area contributed by atoms with Gasteiger partial charge in [0.1, 0.15) is 0 Å². The number of aliphatic carboxylic acids is 1. The zero-order valence-corrected chi connectivity index (χ0v) is 17.0. The van der Waals surface area contributed by atoms with E-state index in [2.05, 4.69) is 0 Å². The van der Waals surface area contributed by atoms with Crippen molar-refractivity contribution in [3.05, 3.63) is 102 Å². The van der Waals surface area contributed by atoms with Crippen molar-refractivity contribution in [2.75, 3.05) is 12.0 Å². The van der Waals surface area contributed by atoms with Gasteiger partial charge in [0, 0.05) is 18.4 Å². The molecule has 3 aromatic rings. The minimum atomic E-state index is -1.38. The van der Waals surface area contributed by atoms with Gasteiger partial charge < -0.3 is 14.6 Å². The lowest BCUT2D eigenvalue weighted by Crippen LogP contribution is -2.80. The molecule has 5 rings (SSSR count). The standard InChI is InChI=1S/C25H22N2O4/c1-30-25-24(17-21(28)29,26-23(31-25)19-13-7-3-8-14-19)22(18-11-5-2-6-12-18)27(25)20-15-9-4-10-16-20/h2-16,22H,17H2,1H3,(H,28,29). The Hall–Kier alpha value is -3.64. The molecule has 156 valence electrons. The molecule has 1 saturated heterocycles. The third kappa shape index (κ3) is 2.75.